The Hall–Kier alpha value is -1.63. The molecule has 0 aromatic carbocycles. The van der Waals surface area contributed by atoms with Crippen molar-refractivity contribution in [2.24, 2.45) is 0 Å². The summed E-state index contributed by atoms with van der Waals surface area (Å²) in [4.78, 5) is 27.7. The van der Waals surface area contributed by atoms with Gasteiger partial charge in [0.1, 0.15) is 5.60 Å². The minimum Gasteiger partial charge on any atom is -0.461 e. The summed E-state index contributed by atoms with van der Waals surface area (Å²) in [5.74, 6) is -0.428. The van der Waals surface area contributed by atoms with Gasteiger partial charge in [-0.1, -0.05) is 0 Å². The smallest absolute Gasteiger partial charge is 0.408 e. The van der Waals surface area contributed by atoms with Gasteiger partial charge in [-0.25, -0.2) is 14.6 Å². The molecule has 0 spiro atoms. The van der Waals surface area contributed by atoms with Crippen molar-refractivity contribution >= 4 is 23.4 Å². The van der Waals surface area contributed by atoms with Crippen molar-refractivity contribution < 1.29 is 19.1 Å². The Bertz CT molecular complexity index is 532. The lowest BCUT2D eigenvalue weighted by molar-refractivity contribution is 0.0468. The molecular weight excluding hydrogens is 304 g/mol. The lowest BCUT2D eigenvalue weighted by atomic mass is 10.0. The summed E-state index contributed by atoms with van der Waals surface area (Å²) in [5, 5.41) is 5.23. The first-order valence-electron chi connectivity index (χ1n) is 7.15. The molecule has 22 heavy (non-hydrogen) atoms. The first kappa shape index (κ1) is 18.4. The van der Waals surface area contributed by atoms with Crippen LogP contribution in [0.4, 0.5) is 4.79 Å². The molecule has 0 aliphatic heterocycles. The van der Waals surface area contributed by atoms with E-state index in [2.05, 4.69) is 10.3 Å². The van der Waals surface area contributed by atoms with Crippen molar-refractivity contribution in [1.29, 1.82) is 0 Å². The highest BCUT2D eigenvalue weighted by Crippen LogP contribution is 2.18. The predicted octanol–water partition coefficient (Wildman–Crippen LogP) is 3.17. The number of ether oxygens (including phenoxy) is 2. The predicted molar refractivity (Wildman–Crippen MR) is 85.2 cm³/mol. The van der Waals surface area contributed by atoms with Gasteiger partial charge >= 0.3 is 12.1 Å². The zero-order valence-corrected chi connectivity index (χ0v) is 14.8. The molecular formula is C15H24N2O4S. The second kappa shape index (κ2) is 7.09. The van der Waals surface area contributed by atoms with Crippen molar-refractivity contribution in [2.45, 2.75) is 59.1 Å². The second-order valence-corrected chi connectivity index (χ2v) is 7.48. The van der Waals surface area contributed by atoms with E-state index in [0.717, 1.165) is 5.01 Å². The van der Waals surface area contributed by atoms with Crippen molar-refractivity contribution in [3.8, 4) is 0 Å². The van der Waals surface area contributed by atoms with Crippen LogP contribution in [0.1, 0.15) is 57.0 Å². The van der Waals surface area contributed by atoms with Crippen LogP contribution in [0.15, 0.2) is 5.38 Å². The quantitative estimate of drug-likeness (QED) is 0.840. The monoisotopic (exact) mass is 328 g/mol. The molecule has 0 unspecified atom stereocenters. The van der Waals surface area contributed by atoms with Crippen LogP contribution in [-0.4, -0.2) is 34.8 Å². The summed E-state index contributed by atoms with van der Waals surface area (Å²) in [7, 11) is 0. The summed E-state index contributed by atoms with van der Waals surface area (Å²) in [5.41, 5.74) is -0.778. The van der Waals surface area contributed by atoms with Gasteiger partial charge in [-0.2, -0.15) is 0 Å². The number of carbonyl (C=O) groups excluding carboxylic acids is 2. The number of hydrogen-bond acceptors (Lipinski definition) is 6. The number of carbonyl (C=O) groups is 2. The van der Waals surface area contributed by atoms with Crippen LogP contribution in [0, 0.1) is 0 Å². The molecule has 0 fully saturated rings. The molecule has 1 N–H and O–H groups in total. The highest BCUT2D eigenvalue weighted by Gasteiger charge is 2.26. The molecule has 124 valence electrons. The average molecular weight is 328 g/mol. The van der Waals surface area contributed by atoms with E-state index in [9.17, 15) is 9.59 Å². The molecule has 0 radical (unpaired) electrons. The number of thiazole rings is 1. The number of nitrogens with zero attached hydrogens (tertiary/aromatic N) is 1. The Morgan fingerprint density at radius 2 is 1.91 bits per heavy atom. The van der Waals surface area contributed by atoms with Gasteiger partial charge in [-0.3, -0.25) is 0 Å². The number of alkyl carbamates (subject to hydrolysis) is 1. The maximum atomic E-state index is 11.8. The summed E-state index contributed by atoms with van der Waals surface area (Å²) in [6.45, 7) is 11.3. The van der Waals surface area contributed by atoms with Crippen LogP contribution in [0.25, 0.3) is 0 Å². The molecule has 6 nitrogen and oxygen atoms in total. The Kier molecular flexibility index (Phi) is 5.93. The second-order valence-electron chi connectivity index (χ2n) is 6.53. The molecule has 0 saturated carbocycles. The molecule has 0 atom stereocenters. The van der Waals surface area contributed by atoms with Crippen LogP contribution < -0.4 is 5.32 Å². The minimum atomic E-state index is -0.543. The first-order chi connectivity index (χ1) is 10.0. The molecule has 1 aromatic rings. The zero-order chi connectivity index (χ0) is 17.0. The summed E-state index contributed by atoms with van der Waals surface area (Å²) < 4.78 is 10.2. The molecule has 7 heteroatoms. The van der Waals surface area contributed by atoms with Crippen molar-refractivity contribution in [1.82, 2.24) is 10.3 Å². The van der Waals surface area contributed by atoms with Gasteiger partial charge in [-0.15, -0.1) is 11.3 Å². The Labute approximate surface area is 135 Å². The summed E-state index contributed by atoms with van der Waals surface area (Å²) >= 11 is 1.37. The van der Waals surface area contributed by atoms with Gasteiger partial charge in [0.25, 0.3) is 0 Å². The van der Waals surface area contributed by atoms with E-state index >= 15 is 0 Å². The molecule has 1 heterocycles. The third-order valence-electron chi connectivity index (χ3n) is 2.47. The van der Waals surface area contributed by atoms with Crippen LogP contribution in [-0.2, 0) is 15.9 Å². The van der Waals surface area contributed by atoms with E-state index in [1.165, 1.54) is 11.3 Å². The number of nitrogens with one attached hydrogen (secondary N) is 1. The molecule has 1 amide bonds. The Balaban J connectivity index is 2.64. The fourth-order valence-electron chi connectivity index (χ4n) is 1.69. The maximum Gasteiger partial charge on any atom is 0.408 e. The summed E-state index contributed by atoms with van der Waals surface area (Å²) in [6, 6.07) is 0. The maximum absolute atomic E-state index is 11.8. The average Bonchev–Trinajstić information content (AvgIpc) is 2.73. The van der Waals surface area contributed by atoms with Crippen LogP contribution >= 0.6 is 11.3 Å². The van der Waals surface area contributed by atoms with Crippen molar-refractivity contribution in [3.63, 3.8) is 0 Å². The van der Waals surface area contributed by atoms with Gasteiger partial charge in [0.15, 0.2) is 5.69 Å². The van der Waals surface area contributed by atoms with E-state index in [1.807, 2.05) is 34.6 Å². The Morgan fingerprint density at radius 3 is 2.45 bits per heavy atom. The molecule has 0 saturated heterocycles. The normalized spacial score (nSPS) is 11.9. The SMILES string of the molecule is CCOC(=O)c1csc(CC(C)(C)NC(=O)OC(C)(C)C)n1. The third kappa shape index (κ3) is 6.43. The van der Waals surface area contributed by atoms with E-state index < -0.39 is 23.2 Å². The third-order valence-corrected chi connectivity index (χ3v) is 3.32. The highest BCUT2D eigenvalue weighted by atomic mass is 32.1. The van der Waals surface area contributed by atoms with E-state index in [-0.39, 0.29) is 0 Å². The highest BCUT2D eigenvalue weighted by molar-refractivity contribution is 7.09. The van der Waals surface area contributed by atoms with Gasteiger partial charge in [0, 0.05) is 17.3 Å². The number of rotatable bonds is 5. The lowest BCUT2D eigenvalue weighted by Crippen LogP contribution is -2.47. The van der Waals surface area contributed by atoms with Gasteiger partial charge < -0.3 is 14.8 Å². The topological polar surface area (TPSA) is 77.5 Å². The molecule has 0 bridgehead atoms. The van der Waals surface area contributed by atoms with Crippen LogP contribution in [0.3, 0.4) is 0 Å². The molecule has 0 aliphatic carbocycles. The van der Waals surface area contributed by atoms with Crippen molar-refractivity contribution in [3.05, 3.63) is 16.1 Å². The molecule has 0 aliphatic rings. The zero-order valence-electron chi connectivity index (χ0n) is 14.0. The minimum absolute atomic E-state index is 0.301. The van der Waals surface area contributed by atoms with Crippen LogP contribution in [0.5, 0.6) is 0 Å². The Morgan fingerprint density at radius 1 is 1.27 bits per heavy atom. The number of aromatic nitrogens is 1. The number of esters is 1. The lowest BCUT2D eigenvalue weighted by Gasteiger charge is -2.28. The molecule has 1 aromatic heterocycles. The van der Waals surface area contributed by atoms with Crippen LogP contribution in [0.2, 0.25) is 0 Å². The standard InChI is InChI=1S/C15H24N2O4S/c1-7-20-12(18)10-9-22-11(16-10)8-15(5,6)17-13(19)21-14(2,3)4/h9H,7-8H2,1-6H3,(H,17,19). The molecule has 1 rings (SSSR count). The van der Waals surface area contributed by atoms with Gasteiger partial charge in [0.2, 0.25) is 0 Å². The van der Waals surface area contributed by atoms with Gasteiger partial charge in [-0.05, 0) is 41.5 Å². The fraction of sp³-hybridized carbons (Fsp3) is 0.667. The van der Waals surface area contributed by atoms with E-state index in [0.29, 0.717) is 18.7 Å². The summed E-state index contributed by atoms with van der Waals surface area (Å²) in [6.07, 6.45) is 0.0238. The largest absolute Gasteiger partial charge is 0.461 e. The number of amides is 1. The number of hydrogen-bond donors (Lipinski definition) is 1. The van der Waals surface area contributed by atoms with Crippen molar-refractivity contribution in [2.75, 3.05) is 6.61 Å². The fourth-order valence-corrected chi connectivity index (χ4v) is 2.68. The van der Waals surface area contributed by atoms with E-state index in [1.54, 1.807) is 12.3 Å². The van der Waals surface area contributed by atoms with Gasteiger partial charge in [0.05, 0.1) is 11.6 Å². The van der Waals surface area contributed by atoms with E-state index in [4.69, 9.17) is 9.47 Å². The first-order valence-corrected chi connectivity index (χ1v) is 8.03.